The van der Waals surface area contributed by atoms with Crippen molar-refractivity contribution >= 4 is 11.8 Å². The number of ether oxygens (including phenoxy) is 2. The lowest BCUT2D eigenvalue weighted by Crippen LogP contribution is -2.04. The van der Waals surface area contributed by atoms with Crippen molar-refractivity contribution < 1.29 is 13.9 Å². The van der Waals surface area contributed by atoms with Crippen LogP contribution in [0.2, 0.25) is 0 Å². The number of oxazole rings is 1. The molecule has 0 amide bonds. The predicted octanol–water partition coefficient (Wildman–Crippen LogP) is 4.35. The Labute approximate surface area is 172 Å². The second-order valence-corrected chi connectivity index (χ2v) is 7.14. The Morgan fingerprint density at radius 1 is 1.00 bits per heavy atom. The van der Waals surface area contributed by atoms with Crippen LogP contribution in [0.15, 0.2) is 70.4 Å². The molecule has 0 N–H and O–H groups in total. The number of aromatic nitrogens is 4. The van der Waals surface area contributed by atoms with Gasteiger partial charge >= 0.3 is 0 Å². The average molecular weight is 408 g/mol. The minimum atomic E-state index is 0.327. The highest BCUT2D eigenvalue weighted by molar-refractivity contribution is 7.98. The van der Waals surface area contributed by atoms with Crippen LogP contribution in [-0.4, -0.2) is 26.9 Å². The first kappa shape index (κ1) is 19.1. The summed E-state index contributed by atoms with van der Waals surface area (Å²) in [7, 11) is 3.55. The normalized spacial score (nSPS) is 10.8. The fourth-order valence-corrected chi connectivity index (χ4v) is 3.44. The zero-order valence-electron chi connectivity index (χ0n) is 16.1. The standard InChI is InChI=1S/C21H20N4O3S/c1-25-19(13-27-17-10-8-16(26-2)9-11-17)23-24-21(25)29-14-20-22-12-18(28-20)15-6-4-3-5-7-15/h3-12H,13-14H2,1-2H3. The Morgan fingerprint density at radius 2 is 1.76 bits per heavy atom. The lowest BCUT2D eigenvalue weighted by atomic mass is 10.2. The van der Waals surface area contributed by atoms with Gasteiger partial charge in [-0.2, -0.15) is 0 Å². The summed E-state index contributed by atoms with van der Waals surface area (Å²) in [6.07, 6.45) is 1.75. The number of nitrogens with zero attached hydrogens (tertiary/aromatic N) is 4. The first-order chi connectivity index (χ1) is 14.2. The number of methoxy groups -OCH3 is 1. The van der Waals surface area contributed by atoms with E-state index in [1.54, 1.807) is 13.3 Å². The summed E-state index contributed by atoms with van der Waals surface area (Å²) in [5, 5.41) is 9.24. The fraction of sp³-hybridized carbons (Fsp3) is 0.190. The minimum absolute atomic E-state index is 0.327. The van der Waals surface area contributed by atoms with Crippen LogP contribution in [0.3, 0.4) is 0 Å². The number of hydrogen-bond acceptors (Lipinski definition) is 7. The second kappa shape index (κ2) is 8.83. The average Bonchev–Trinajstić information content (AvgIpc) is 3.38. The molecule has 0 saturated heterocycles. The number of benzene rings is 2. The van der Waals surface area contributed by atoms with Crippen LogP contribution in [0.4, 0.5) is 0 Å². The van der Waals surface area contributed by atoms with E-state index in [0.29, 0.717) is 18.3 Å². The van der Waals surface area contributed by atoms with Crippen LogP contribution in [-0.2, 0) is 19.4 Å². The molecule has 0 fully saturated rings. The van der Waals surface area contributed by atoms with Crippen LogP contribution < -0.4 is 9.47 Å². The highest BCUT2D eigenvalue weighted by Crippen LogP contribution is 2.25. The largest absolute Gasteiger partial charge is 0.497 e. The molecule has 0 atom stereocenters. The highest BCUT2D eigenvalue weighted by atomic mass is 32.2. The molecule has 0 aliphatic carbocycles. The maximum atomic E-state index is 5.84. The van der Waals surface area contributed by atoms with Gasteiger partial charge in [0, 0.05) is 12.6 Å². The summed E-state index contributed by atoms with van der Waals surface area (Å²) in [6, 6.07) is 17.3. The topological polar surface area (TPSA) is 75.2 Å². The van der Waals surface area contributed by atoms with E-state index in [0.717, 1.165) is 33.8 Å². The van der Waals surface area contributed by atoms with E-state index < -0.39 is 0 Å². The Morgan fingerprint density at radius 3 is 2.52 bits per heavy atom. The van der Waals surface area contributed by atoms with E-state index in [1.165, 1.54) is 11.8 Å². The van der Waals surface area contributed by atoms with E-state index in [1.807, 2.05) is 66.2 Å². The Kier molecular flexibility index (Phi) is 5.81. The summed E-state index contributed by atoms with van der Waals surface area (Å²) >= 11 is 1.52. The molecule has 4 aromatic rings. The summed E-state index contributed by atoms with van der Waals surface area (Å²) in [5.74, 6) is 4.24. The van der Waals surface area contributed by atoms with Gasteiger partial charge in [-0.05, 0) is 24.3 Å². The van der Waals surface area contributed by atoms with Gasteiger partial charge in [0.2, 0.25) is 5.89 Å². The minimum Gasteiger partial charge on any atom is -0.497 e. The van der Waals surface area contributed by atoms with E-state index in [4.69, 9.17) is 13.9 Å². The molecule has 7 nitrogen and oxygen atoms in total. The summed E-state index contributed by atoms with van der Waals surface area (Å²) in [6.45, 7) is 0.327. The van der Waals surface area contributed by atoms with Crippen molar-refractivity contribution in [1.29, 1.82) is 0 Å². The van der Waals surface area contributed by atoms with Crippen LogP contribution in [0.5, 0.6) is 11.5 Å². The molecule has 8 heteroatoms. The monoisotopic (exact) mass is 408 g/mol. The van der Waals surface area contributed by atoms with Crippen molar-refractivity contribution in [3.05, 3.63) is 72.5 Å². The van der Waals surface area contributed by atoms with Crippen molar-refractivity contribution in [3.8, 4) is 22.8 Å². The Balaban J connectivity index is 1.34. The third-order valence-corrected chi connectivity index (χ3v) is 5.29. The zero-order valence-corrected chi connectivity index (χ0v) is 16.9. The van der Waals surface area contributed by atoms with E-state index in [9.17, 15) is 0 Å². The van der Waals surface area contributed by atoms with Gasteiger partial charge in [0.05, 0.1) is 19.1 Å². The molecule has 0 aliphatic heterocycles. The van der Waals surface area contributed by atoms with Gasteiger partial charge in [0.25, 0.3) is 0 Å². The van der Waals surface area contributed by atoms with E-state index in [2.05, 4.69) is 15.2 Å². The molecule has 148 valence electrons. The maximum absolute atomic E-state index is 5.84. The van der Waals surface area contributed by atoms with E-state index >= 15 is 0 Å². The van der Waals surface area contributed by atoms with Crippen LogP contribution in [0, 0.1) is 0 Å². The van der Waals surface area contributed by atoms with Gasteiger partial charge in [-0.25, -0.2) is 4.98 Å². The SMILES string of the molecule is COc1ccc(OCc2nnc(SCc3ncc(-c4ccccc4)o3)n2C)cc1. The molecule has 0 radical (unpaired) electrons. The molecular weight excluding hydrogens is 388 g/mol. The smallest absolute Gasteiger partial charge is 0.205 e. The van der Waals surface area contributed by atoms with Crippen LogP contribution in [0.25, 0.3) is 11.3 Å². The highest BCUT2D eigenvalue weighted by Gasteiger charge is 2.12. The van der Waals surface area contributed by atoms with Gasteiger partial charge in [-0.3, -0.25) is 0 Å². The molecule has 2 aromatic carbocycles. The lowest BCUT2D eigenvalue weighted by molar-refractivity contribution is 0.290. The van der Waals surface area contributed by atoms with Gasteiger partial charge in [0.15, 0.2) is 16.7 Å². The van der Waals surface area contributed by atoms with Crippen LogP contribution in [0.1, 0.15) is 11.7 Å². The van der Waals surface area contributed by atoms with Crippen molar-refractivity contribution in [2.24, 2.45) is 7.05 Å². The second-order valence-electron chi connectivity index (χ2n) is 6.19. The van der Waals surface area contributed by atoms with E-state index in [-0.39, 0.29) is 0 Å². The Hall–Kier alpha value is -3.26. The summed E-state index contributed by atoms with van der Waals surface area (Å²) < 4.78 is 18.7. The molecule has 0 spiro atoms. The zero-order chi connectivity index (χ0) is 20.1. The molecule has 4 rings (SSSR count). The fourth-order valence-electron chi connectivity index (χ4n) is 2.66. The van der Waals surface area contributed by atoms with Crippen molar-refractivity contribution in [1.82, 2.24) is 19.7 Å². The Bertz CT molecular complexity index is 1060. The summed E-state index contributed by atoms with van der Waals surface area (Å²) in [4.78, 5) is 4.35. The molecule has 0 bridgehead atoms. The third kappa shape index (κ3) is 4.60. The van der Waals surface area contributed by atoms with Gasteiger partial charge in [-0.1, -0.05) is 42.1 Å². The van der Waals surface area contributed by atoms with Gasteiger partial charge in [-0.15, -0.1) is 10.2 Å². The molecule has 0 unspecified atom stereocenters. The van der Waals surface area contributed by atoms with Crippen LogP contribution >= 0.6 is 11.8 Å². The molecular formula is C21H20N4O3S. The lowest BCUT2D eigenvalue weighted by Gasteiger charge is -2.07. The summed E-state index contributed by atoms with van der Waals surface area (Å²) in [5.41, 5.74) is 1.01. The third-order valence-electron chi connectivity index (χ3n) is 4.29. The molecule has 2 aromatic heterocycles. The first-order valence-corrected chi connectivity index (χ1v) is 9.99. The molecule has 0 saturated carbocycles. The number of rotatable bonds is 8. The molecule has 0 aliphatic rings. The number of hydrogen-bond donors (Lipinski definition) is 0. The molecule has 29 heavy (non-hydrogen) atoms. The number of thioether (sulfide) groups is 1. The van der Waals surface area contributed by atoms with Crippen molar-refractivity contribution in [2.45, 2.75) is 17.5 Å². The van der Waals surface area contributed by atoms with Gasteiger partial charge < -0.3 is 18.5 Å². The van der Waals surface area contributed by atoms with Gasteiger partial charge in [0.1, 0.15) is 18.1 Å². The van der Waals surface area contributed by atoms with Crippen molar-refractivity contribution in [3.63, 3.8) is 0 Å². The molecule has 2 heterocycles. The first-order valence-electron chi connectivity index (χ1n) is 9.01. The quantitative estimate of drug-likeness (QED) is 0.401. The van der Waals surface area contributed by atoms with Crippen molar-refractivity contribution in [2.75, 3.05) is 7.11 Å². The maximum Gasteiger partial charge on any atom is 0.205 e. The predicted molar refractivity (Wildman–Crippen MR) is 110 cm³/mol.